The average Bonchev–Trinajstić information content (AvgIpc) is 2.05. The maximum atomic E-state index is 5.58. The SMILES string of the molecule is CC(C)[C@H]1CCCCN1CCN. The minimum atomic E-state index is 0.789. The van der Waals surface area contributed by atoms with Crippen molar-refractivity contribution in [1.29, 1.82) is 0 Å². The first kappa shape index (κ1) is 10.0. The molecule has 12 heavy (non-hydrogen) atoms. The molecule has 0 amide bonds. The topological polar surface area (TPSA) is 29.3 Å². The number of likely N-dealkylation sites (tertiary alicyclic amines) is 1. The molecule has 0 unspecified atom stereocenters. The summed E-state index contributed by atoms with van der Waals surface area (Å²) < 4.78 is 0. The summed E-state index contributed by atoms with van der Waals surface area (Å²) >= 11 is 0. The Hall–Kier alpha value is -0.0800. The Labute approximate surface area is 76.1 Å². The van der Waals surface area contributed by atoms with E-state index in [4.69, 9.17) is 5.73 Å². The molecular formula is C10H22N2. The van der Waals surface area contributed by atoms with E-state index < -0.39 is 0 Å². The fourth-order valence-corrected chi connectivity index (χ4v) is 2.22. The minimum Gasteiger partial charge on any atom is -0.329 e. The van der Waals surface area contributed by atoms with Gasteiger partial charge in [-0.15, -0.1) is 0 Å². The molecular weight excluding hydrogens is 148 g/mol. The Bertz CT molecular complexity index is 121. The van der Waals surface area contributed by atoms with Gasteiger partial charge in [0.15, 0.2) is 0 Å². The van der Waals surface area contributed by atoms with Crippen molar-refractivity contribution >= 4 is 0 Å². The second kappa shape index (κ2) is 4.83. The molecule has 1 rings (SSSR count). The predicted octanol–water partition coefficient (Wildman–Crippen LogP) is 1.46. The summed E-state index contributed by atoms with van der Waals surface area (Å²) in [7, 11) is 0. The molecule has 0 radical (unpaired) electrons. The van der Waals surface area contributed by atoms with Gasteiger partial charge in [0, 0.05) is 19.1 Å². The van der Waals surface area contributed by atoms with Crippen molar-refractivity contribution in [2.45, 2.75) is 39.2 Å². The van der Waals surface area contributed by atoms with Crippen molar-refractivity contribution in [3.05, 3.63) is 0 Å². The van der Waals surface area contributed by atoms with Crippen LogP contribution in [0.4, 0.5) is 0 Å². The first-order chi connectivity index (χ1) is 5.75. The van der Waals surface area contributed by atoms with Crippen LogP contribution >= 0.6 is 0 Å². The zero-order valence-electron chi connectivity index (χ0n) is 8.42. The molecule has 1 atom stereocenters. The number of piperidine rings is 1. The Morgan fingerprint density at radius 3 is 2.75 bits per heavy atom. The van der Waals surface area contributed by atoms with Crippen LogP contribution in [-0.4, -0.2) is 30.6 Å². The minimum absolute atomic E-state index is 0.789. The molecule has 2 nitrogen and oxygen atoms in total. The molecule has 1 aliphatic rings. The van der Waals surface area contributed by atoms with Crippen molar-refractivity contribution in [1.82, 2.24) is 4.90 Å². The van der Waals surface area contributed by atoms with Gasteiger partial charge in [0.25, 0.3) is 0 Å². The van der Waals surface area contributed by atoms with Crippen LogP contribution in [0.2, 0.25) is 0 Å². The maximum Gasteiger partial charge on any atom is 0.0119 e. The normalized spacial score (nSPS) is 26.5. The lowest BCUT2D eigenvalue weighted by atomic mass is 9.93. The molecule has 0 aromatic carbocycles. The molecule has 2 heteroatoms. The first-order valence-corrected chi connectivity index (χ1v) is 5.20. The molecule has 72 valence electrons. The van der Waals surface area contributed by atoms with Crippen LogP contribution in [0.1, 0.15) is 33.1 Å². The third kappa shape index (κ3) is 2.46. The van der Waals surface area contributed by atoms with Crippen molar-refractivity contribution in [3.8, 4) is 0 Å². The summed E-state index contributed by atoms with van der Waals surface area (Å²) in [6.45, 7) is 7.80. The lowest BCUT2D eigenvalue weighted by Gasteiger charge is -2.37. The molecule has 0 aromatic heterocycles. The third-order valence-corrected chi connectivity index (χ3v) is 2.85. The van der Waals surface area contributed by atoms with Crippen LogP contribution in [-0.2, 0) is 0 Å². The Morgan fingerprint density at radius 1 is 1.42 bits per heavy atom. The Balaban J connectivity index is 2.42. The number of hydrogen-bond acceptors (Lipinski definition) is 2. The summed E-state index contributed by atoms with van der Waals surface area (Å²) in [5, 5.41) is 0. The molecule has 0 saturated carbocycles. The summed E-state index contributed by atoms with van der Waals surface area (Å²) in [5.41, 5.74) is 5.58. The number of rotatable bonds is 3. The summed E-state index contributed by atoms with van der Waals surface area (Å²) in [6.07, 6.45) is 4.14. The number of hydrogen-bond donors (Lipinski definition) is 1. The zero-order valence-corrected chi connectivity index (χ0v) is 8.42. The molecule has 0 bridgehead atoms. The van der Waals surface area contributed by atoms with Gasteiger partial charge in [-0.05, 0) is 25.3 Å². The smallest absolute Gasteiger partial charge is 0.0119 e. The van der Waals surface area contributed by atoms with E-state index in [2.05, 4.69) is 18.7 Å². The van der Waals surface area contributed by atoms with Gasteiger partial charge in [0.05, 0.1) is 0 Å². The van der Waals surface area contributed by atoms with Gasteiger partial charge >= 0.3 is 0 Å². The van der Waals surface area contributed by atoms with Gasteiger partial charge in [-0.3, -0.25) is 4.90 Å². The van der Waals surface area contributed by atoms with Crippen LogP contribution < -0.4 is 5.73 Å². The van der Waals surface area contributed by atoms with Crippen LogP contribution in [0, 0.1) is 5.92 Å². The Kier molecular flexibility index (Phi) is 4.02. The van der Waals surface area contributed by atoms with Gasteiger partial charge in [-0.25, -0.2) is 0 Å². The van der Waals surface area contributed by atoms with Crippen molar-refractivity contribution < 1.29 is 0 Å². The highest BCUT2D eigenvalue weighted by Gasteiger charge is 2.23. The quantitative estimate of drug-likeness (QED) is 0.694. The van der Waals surface area contributed by atoms with Crippen LogP contribution in [0.25, 0.3) is 0 Å². The van der Waals surface area contributed by atoms with E-state index >= 15 is 0 Å². The largest absolute Gasteiger partial charge is 0.329 e. The van der Waals surface area contributed by atoms with E-state index in [1.165, 1.54) is 25.8 Å². The van der Waals surface area contributed by atoms with Crippen molar-refractivity contribution in [3.63, 3.8) is 0 Å². The van der Waals surface area contributed by atoms with E-state index in [1.54, 1.807) is 0 Å². The number of nitrogens with zero attached hydrogens (tertiary/aromatic N) is 1. The van der Waals surface area contributed by atoms with Gasteiger partial charge < -0.3 is 5.73 Å². The second-order valence-electron chi connectivity index (χ2n) is 4.13. The van der Waals surface area contributed by atoms with E-state index in [1.807, 2.05) is 0 Å². The molecule has 0 aromatic rings. The summed E-state index contributed by atoms with van der Waals surface area (Å²) in [5.74, 6) is 0.789. The van der Waals surface area contributed by atoms with Gasteiger partial charge in [0.2, 0.25) is 0 Å². The summed E-state index contributed by atoms with van der Waals surface area (Å²) in [6, 6.07) is 0.794. The lowest BCUT2D eigenvalue weighted by Crippen LogP contribution is -2.44. The highest BCUT2D eigenvalue weighted by Crippen LogP contribution is 2.22. The fraction of sp³-hybridized carbons (Fsp3) is 1.00. The fourth-order valence-electron chi connectivity index (χ4n) is 2.22. The molecule has 1 saturated heterocycles. The van der Waals surface area contributed by atoms with E-state index in [0.717, 1.165) is 25.0 Å². The first-order valence-electron chi connectivity index (χ1n) is 5.20. The average molecular weight is 170 g/mol. The van der Waals surface area contributed by atoms with E-state index in [9.17, 15) is 0 Å². The molecule has 1 heterocycles. The Morgan fingerprint density at radius 2 is 2.17 bits per heavy atom. The van der Waals surface area contributed by atoms with Gasteiger partial charge in [-0.1, -0.05) is 20.3 Å². The standard InChI is InChI=1S/C10H22N2/c1-9(2)10-5-3-4-7-12(10)8-6-11/h9-10H,3-8,11H2,1-2H3/t10-/m1/s1. The van der Waals surface area contributed by atoms with Gasteiger partial charge in [-0.2, -0.15) is 0 Å². The predicted molar refractivity (Wildman–Crippen MR) is 53.1 cm³/mol. The highest BCUT2D eigenvalue weighted by atomic mass is 15.2. The van der Waals surface area contributed by atoms with E-state index in [-0.39, 0.29) is 0 Å². The molecule has 0 spiro atoms. The lowest BCUT2D eigenvalue weighted by molar-refractivity contribution is 0.116. The monoisotopic (exact) mass is 170 g/mol. The summed E-state index contributed by atoms with van der Waals surface area (Å²) in [4.78, 5) is 2.56. The van der Waals surface area contributed by atoms with Crippen molar-refractivity contribution in [2.75, 3.05) is 19.6 Å². The van der Waals surface area contributed by atoms with Crippen LogP contribution in [0.15, 0.2) is 0 Å². The second-order valence-corrected chi connectivity index (χ2v) is 4.13. The molecule has 1 aliphatic heterocycles. The third-order valence-electron chi connectivity index (χ3n) is 2.85. The molecule has 2 N–H and O–H groups in total. The molecule has 0 aliphatic carbocycles. The maximum absolute atomic E-state index is 5.58. The number of nitrogens with two attached hydrogens (primary N) is 1. The zero-order chi connectivity index (χ0) is 8.97. The van der Waals surface area contributed by atoms with Crippen LogP contribution in [0.3, 0.4) is 0 Å². The molecule has 1 fully saturated rings. The van der Waals surface area contributed by atoms with Crippen LogP contribution in [0.5, 0.6) is 0 Å². The van der Waals surface area contributed by atoms with E-state index in [0.29, 0.717) is 0 Å². The highest BCUT2D eigenvalue weighted by molar-refractivity contribution is 4.79. The van der Waals surface area contributed by atoms with Crippen molar-refractivity contribution in [2.24, 2.45) is 11.7 Å². The van der Waals surface area contributed by atoms with Gasteiger partial charge in [0.1, 0.15) is 0 Å².